The number of nitrogens with zero attached hydrogens (tertiary/aromatic N) is 5. The molecule has 7 nitrogen and oxygen atoms in total. The summed E-state index contributed by atoms with van der Waals surface area (Å²) in [5.41, 5.74) is 3.32. The number of rotatable bonds is 5. The Kier molecular flexibility index (Phi) is 4.94. The summed E-state index contributed by atoms with van der Waals surface area (Å²) >= 11 is 0. The average molecular weight is 366 g/mol. The Hall–Kier alpha value is -2.67. The molecule has 1 aromatic carbocycles. The molecule has 1 unspecified atom stereocenters. The standard InChI is InChI=1S/C20H26N6O/c1-3-26-19(21-22-20(26)27)16-10-7-11-25(13-16)14-17-12-24(2)23-18(17)15-8-5-4-6-9-15/h4-6,8-9,12,16H,3,7,10-11,13-14H2,1-2H3,(H,22,27). The first-order valence-corrected chi connectivity index (χ1v) is 9.61. The molecule has 1 atom stereocenters. The van der Waals surface area contributed by atoms with E-state index in [9.17, 15) is 4.79 Å². The fraction of sp³-hybridized carbons (Fsp3) is 0.450. The van der Waals surface area contributed by atoms with E-state index in [1.165, 1.54) is 5.56 Å². The third-order valence-corrected chi connectivity index (χ3v) is 5.32. The second-order valence-corrected chi connectivity index (χ2v) is 7.25. The van der Waals surface area contributed by atoms with Crippen molar-refractivity contribution in [1.29, 1.82) is 0 Å². The fourth-order valence-electron chi connectivity index (χ4n) is 4.09. The van der Waals surface area contributed by atoms with Gasteiger partial charge in [-0.3, -0.25) is 14.1 Å². The number of nitrogens with one attached hydrogen (secondary N) is 1. The highest BCUT2D eigenvalue weighted by Crippen LogP contribution is 2.28. The fourth-order valence-corrected chi connectivity index (χ4v) is 4.09. The van der Waals surface area contributed by atoms with E-state index in [0.717, 1.165) is 49.6 Å². The summed E-state index contributed by atoms with van der Waals surface area (Å²) in [6.45, 7) is 5.47. The lowest BCUT2D eigenvalue weighted by Crippen LogP contribution is -2.35. The van der Waals surface area contributed by atoms with Gasteiger partial charge in [0.1, 0.15) is 5.82 Å². The molecule has 27 heavy (non-hydrogen) atoms. The Morgan fingerprint density at radius 2 is 2.07 bits per heavy atom. The maximum Gasteiger partial charge on any atom is 0.343 e. The summed E-state index contributed by atoms with van der Waals surface area (Å²) in [5, 5.41) is 11.6. The summed E-state index contributed by atoms with van der Waals surface area (Å²) < 4.78 is 3.65. The lowest BCUT2D eigenvalue weighted by Gasteiger charge is -2.32. The number of likely N-dealkylation sites (tertiary alicyclic amines) is 1. The van der Waals surface area contributed by atoms with Crippen molar-refractivity contribution in [3.8, 4) is 11.3 Å². The molecule has 3 heterocycles. The van der Waals surface area contributed by atoms with Crippen molar-refractivity contribution in [2.45, 2.75) is 38.8 Å². The SMILES string of the molecule is CCn1c(C2CCCN(Cc3cn(C)nc3-c3ccccc3)C2)n[nH]c1=O. The number of hydrogen-bond acceptors (Lipinski definition) is 4. The first-order chi connectivity index (χ1) is 13.2. The van der Waals surface area contributed by atoms with Crippen LogP contribution in [-0.4, -0.2) is 42.5 Å². The molecule has 0 saturated carbocycles. The van der Waals surface area contributed by atoms with Gasteiger partial charge in [0.2, 0.25) is 0 Å². The van der Waals surface area contributed by atoms with Crippen LogP contribution < -0.4 is 5.69 Å². The van der Waals surface area contributed by atoms with E-state index in [4.69, 9.17) is 0 Å². The van der Waals surface area contributed by atoms with Gasteiger partial charge in [-0.05, 0) is 26.3 Å². The minimum atomic E-state index is -0.108. The predicted octanol–water partition coefficient (Wildman–Crippen LogP) is 2.37. The second kappa shape index (κ2) is 7.52. The molecule has 4 rings (SSSR count). The van der Waals surface area contributed by atoms with E-state index < -0.39 is 0 Å². The molecule has 1 aliphatic rings. The van der Waals surface area contributed by atoms with E-state index in [2.05, 4.69) is 38.5 Å². The molecule has 2 aromatic heterocycles. The van der Waals surface area contributed by atoms with Gasteiger partial charge >= 0.3 is 5.69 Å². The van der Waals surface area contributed by atoms with E-state index in [1.807, 2.05) is 36.9 Å². The van der Waals surface area contributed by atoms with Gasteiger partial charge in [0.05, 0.1) is 5.69 Å². The molecule has 1 saturated heterocycles. The molecule has 0 radical (unpaired) electrons. The van der Waals surface area contributed by atoms with Crippen molar-refractivity contribution in [3.63, 3.8) is 0 Å². The van der Waals surface area contributed by atoms with Crippen molar-refractivity contribution in [2.75, 3.05) is 13.1 Å². The van der Waals surface area contributed by atoms with E-state index in [0.29, 0.717) is 6.54 Å². The van der Waals surface area contributed by atoms with Crippen molar-refractivity contribution < 1.29 is 0 Å². The zero-order valence-corrected chi connectivity index (χ0v) is 15.9. The summed E-state index contributed by atoms with van der Waals surface area (Å²) in [4.78, 5) is 14.4. The second-order valence-electron chi connectivity index (χ2n) is 7.25. The van der Waals surface area contributed by atoms with Gasteiger partial charge in [0, 0.05) is 49.9 Å². The first kappa shape index (κ1) is 17.7. The van der Waals surface area contributed by atoms with Gasteiger partial charge in [-0.2, -0.15) is 10.2 Å². The van der Waals surface area contributed by atoms with E-state index in [-0.39, 0.29) is 11.6 Å². The number of benzene rings is 1. The third kappa shape index (κ3) is 3.60. The Bertz CT molecular complexity index is 955. The molecular formula is C20H26N6O. The Labute approximate surface area is 158 Å². The van der Waals surface area contributed by atoms with Crippen LogP contribution >= 0.6 is 0 Å². The van der Waals surface area contributed by atoms with Crippen LogP contribution in [-0.2, 0) is 20.1 Å². The van der Waals surface area contributed by atoms with Gasteiger partial charge in [-0.1, -0.05) is 30.3 Å². The van der Waals surface area contributed by atoms with Gasteiger partial charge < -0.3 is 0 Å². The maximum atomic E-state index is 11.9. The average Bonchev–Trinajstić information content (AvgIpc) is 3.24. The minimum Gasteiger partial charge on any atom is -0.298 e. The molecule has 0 amide bonds. The molecule has 7 heteroatoms. The van der Waals surface area contributed by atoms with Crippen molar-refractivity contribution >= 4 is 0 Å². The Morgan fingerprint density at radius 3 is 2.85 bits per heavy atom. The van der Waals surface area contributed by atoms with Gasteiger partial charge in [0.15, 0.2) is 0 Å². The monoisotopic (exact) mass is 366 g/mol. The van der Waals surface area contributed by atoms with Crippen LogP contribution in [0.3, 0.4) is 0 Å². The summed E-state index contributed by atoms with van der Waals surface area (Å²) in [7, 11) is 1.97. The van der Waals surface area contributed by atoms with Crippen LogP contribution in [0.1, 0.15) is 37.1 Å². The zero-order valence-electron chi connectivity index (χ0n) is 15.9. The van der Waals surface area contributed by atoms with Crippen LogP contribution in [0, 0.1) is 0 Å². The largest absolute Gasteiger partial charge is 0.343 e. The third-order valence-electron chi connectivity index (χ3n) is 5.32. The summed E-state index contributed by atoms with van der Waals surface area (Å²) in [5.74, 6) is 1.18. The van der Waals surface area contributed by atoms with Crippen LogP contribution in [0.5, 0.6) is 0 Å². The van der Waals surface area contributed by atoms with Crippen molar-refractivity contribution in [3.05, 3.63) is 58.4 Å². The number of piperidine rings is 1. The van der Waals surface area contributed by atoms with Gasteiger partial charge in [-0.15, -0.1) is 0 Å². The number of aryl methyl sites for hydroxylation is 1. The first-order valence-electron chi connectivity index (χ1n) is 9.61. The molecule has 1 fully saturated rings. The van der Waals surface area contributed by atoms with Crippen LogP contribution in [0.25, 0.3) is 11.3 Å². The van der Waals surface area contributed by atoms with E-state index in [1.54, 1.807) is 4.57 Å². The topological polar surface area (TPSA) is 71.7 Å². The molecule has 1 N–H and O–H groups in total. The summed E-state index contributed by atoms with van der Waals surface area (Å²) in [6, 6.07) is 10.3. The lowest BCUT2D eigenvalue weighted by atomic mass is 9.96. The highest BCUT2D eigenvalue weighted by molar-refractivity contribution is 5.62. The van der Waals surface area contributed by atoms with E-state index >= 15 is 0 Å². The van der Waals surface area contributed by atoms with Gasteiger partial charge in [0.25, 0.3) is 0 Å². The van der Waals surface area contributed by atoms with Crippen LogP contribution in [0.2, 0.25) is 0 Å². The zero-order chi connectivity index (χ0) is 18.8. The van der Waals surface area contributed by atoms with Crippen LogP contribution in [0.4, 0.5) is 0 Å². The number of aromatic nitrogens is 5. The summed E-state index contributed by atoms with van der Waals surface area (Å²) in [6.07, 6.45) is 4.29. The predicted molar refractivity (Wildman–Crippen MR) is 104 cm³/mol. The lowest BCUT2D eigenvalue weighted by molar-refractivity contribution is 0.194. The number of aromatic amines is 1. The smallest absolute Gasteiger partial charge is 0.298 e. The van der Waals surface area contributed by atoms with Crippen LogP contribution in [0.15, 0.2) is 41.3 Å². The minimum absolute atomic E-state index is 0.108. The Morgan fingerprint density at radius 1 is 1.26 bits per heavy atom. The van der Waals surface area contributed by atoms with Crippen molar-refractivity contribution in [2.24, 2.45) is 7.05 Å². The number of H-pyrrole nitrogens is 1. The molecule has 0 aliphatic carbocycles. The molecule has 3 aromatic rings. The molecule has 0 spiro atoms. The normalized spacial score (nSPS) is 18.1. The highest BCUT2D eigenvalue weighted by Gasteiger charge is 2.26. The maximum absolute atomic E-state index is 11.9. The Balaban J connectivity index is 1.54. The number of hydrogen-bond donors (Lipinski definition) is 1. The molecular weight excluding hydrogens is 340 g/mol. The quantitative estimate of drug-likeness (QED) is 0.752. The van der Waals surface area contributed by atoms with Gasteiger partial charge in [-0.25, -0.2) is 9.89 Å². The molecule has 0 bridgehead atoms. The molecule has 1 aliphatic heterocycles. The molecule has 142 valence electrons. The van der Waals surface area contributed by atoms with Crippen molar-refractivity contribution in [1.82, 2.24) is 29.4 Å². The highest BCUT2D eigenvalue weighted by atomic mass is 16.1.